The van der Waals surface area contributed by atoms with E-state index in [1.165, 1.54) is 13.0 Å². The van der Waals surface area contributed by atoms with Crippen LogP contribution in [0, 0.1) is 6.92 Å². The summed E-state index contributed by atoms with van der Waals surface area (Å²) in [5.74, 6) is -0.231. The molecule has 1 aliphatic rings. The van der Waals surface area contributed by atoms with E-state index in [9.17, 15) is 18.0 Å². The van der Waals surface area contributed by atoms with E-state index in [1.54, 1.807) is 25.3 Å². The Morgan fingerprint density at radius 3 is 2.54 bits per heavy atom. The number of piperidine rings is 1. The van der Waals surface area contributed by atoms with E-state index in [0.717, 1.165) is 37.2 Å². The Hall–Kier alpha value is -2.77. The van der Waals surface area contributed by atoms with E-state index in [0.29, 0.717) is 11.3 Å². The number of nitrogens with one attached hydrogen (secondary N) is 1. The van der Waals surface area contributed by atoms with E-state index < -0.39 is 6.36 Å². The Morgan fingerprint density at radius 1 is 1.21 bits per heavy atom. The molecule has 0 radical (unpaired) electrons. The molecule has 2 aromatic rings. The van der Waals surface area contributed by atoms with Crippen LogP contribution < -0.4 is 15.0 Å². The smallest absolute Gasteiger partial charge is 0.406 e. The second-order valence-electron chi connectivity index (χ2n) is 6.89. The molecule has 0 bridgehead atoms. The Balaban J connectivity index is 1.73. The van der Waals surface area contributed by atoms with Crippen LogP contribution in [0.4, 0.5) is 18.9 Å². The number of aryl methyl sites for hydroxylation is 1. The van der Waals surface area contributed by atoms with Gasteiger partial charge in [-0.1, -0.05) is 0 Å². The number of hydrogen-bond acceptors (Lipinski definition) is 4. The highest BCUT2D eigenvalue weighted by molar-refractivity contribution is 5.73. The van der Waals surface area contributed by atoms with E-state index >= 15 is 0 Å². The molecule has 1 N–H and O–H groups in total. The third-order valence-corrected chi connectivity index (χ3v) is 4.71. The molecule has 0 aliphatic carbocycles. The molecule has 1 aromatic carbocycles. The molecule has 1 saturated heterocycles. The van der Waals surface area contributed by atoms with Crippen molar-refractivity contribution in [1.29, 1.82) is 0 Å². The molecule has 1 amide bonds. The summed E-state index contributed by atoms with van der Waals surface area (Å²) in [7, 11) is 0. The van der Waals surface area contributed by atoms with Crippen LogP contribution in [-0.4, -0.2) is 36.4 Å². The lowest BCUT2D eigenvalue weighted by Gasteiger charge is -2.33. The molecule has 0 spiro atoms. The number of alkyl halides is 3. The highest BCUT2D eigenvalue weighted by Gasteiger charge is 2.31. The first-order valence-corrected chi connectivity index (χ1v) is 9.06. The van der Waals surface area contributed by atoms with Gasteiger partial charge in [-0.3, -0.25) is 9.78 Å². The Kier molecular flexibility index (Phi) is 5.76. The van der Waals surface area contributed by atoms with Crippen molar-refractivity contribution in [3.63, 3.8) is 0 Å². The second kappa shape index (κ2) is 8.08. The summed E-state index contributed by atoms with van der Waals surface area (Å²) in [4.78, 5) is 17.8. The SMILES string of the molecule is CC(=O)NC1CCN(c2ccnc(-c3ccc(OC(F)(F)F)c(C)c3)c2)CC1. The number of carbonyl (C=O) groups excluding carboxylic acids is 1. The van der Waals surface area contributed by atoms with Crippen LogP contribution in [0.2, 0.25) is 0 Å². The van der Waals surface area contributed by atoms with Crippen molar-refractivity contribution in [3.05, 3.63) is 42.1 Å². The van der Waals surface area contributed by atoms with Gasteiger partial charge in [-0.05, 0) is 55.7 Å². The van der Waals surface area contributed by atoms with Crippen molar-refractivity contribution in [2.24, 2.45) is 0 Å². The van der Waals surface area contributed by atoms with Gasteiger partial charge >= 0.3 is 6.36 Å². The van der Waals surface area contributed by atoms with Gasteiger partial charge < -0.3 is 15.0 Å². The molecule has 1 fully saturated rings. The Bertz CT molecular complexity index is 847. The molecule has 5 nitrogen and oxygen atoms in total. The molecule has 150 valence electrons. The number of hydrogen-bond donors (Lipinski definition) is 1. The monoisotopic (exact) mass is 393 g/mol. The van der Waals surface area contributed by atoms with Crippen molar-refractivity contribution in [1.82, 2.24) is 10.3 Å². The minimum absolute atomic E-state index is 0.0158. The van der Waals surface area contributed by atoms with Crippen LogP contribution in [-0.2, 0) is 4.79 Å². The summed E-state index contributed by atoms with van der Waals surface area (Å²) in [5, 5.41) is 2.95. The average molecular weight is 393 g/mol. The summed E-state index contributed by atoms with van der Waals surface area (Å²) in [6, 6.07) is 8.55. The van der Waals surface area contributed by atoms with Crippen LogP contribution in [0.15, 0.2) is 36.5 Å². The van der Waals surface area contributed by atoms with Crippen LogP contribution in [0.5, 0.6) is 5.75 Å². The van der Waals surface area contributed by atoms with Gasteiger partial charge in [0.05, 0.1) is 5.69 Å². The van der Waals surface area contributed by atoms with Crippen molar-refractivity contribution in [2.75, 3.05) is 18.0 Å². The number of nitrogens with zero attached hydrogens (tertiary/aromatic N) is 2. The summed E-state index contributed by atoms with van der Waals surface area (Å²) in [5.41, 5.74) is 2.79. The van der Waals surface area contributed by atoms with Crippen LogP contribution >= 0.6 is 0 Å². The van der Waals surface area contributed by atoms with Crippen molar-refractivity contribution in [3.8, 4) is 17.0 Å². The van der Waals surface area contributed by atoms with E-state index in [-0.39, 0.29) is 17.7 Å². The maximum atomic E-state index is 12.4. The quantitative estimate of drug-likeness (QED) is 0.851. The molecule has 1 aromatic heterocycles. The van der Waals surface area contributed by atoms with Gasteiger partial charge in [-0.2, -0.15) is 0 Å². The molecule has 1 aliphatic heterocycles. The largest absolute Gasteiger partial charge is 0.573 e. The van der Waals surface area contributed by atoms with Crippen LogP contribution in [0.25, 0.3) is 11.3 Å². The maximum Gasteiger partial charge on any atom is 0.573 e. The zero-order valence-electron chi connectivity index (χ0n) is 15.7. The van der Waals surface area contributed by atoms with Gasteiger partial charge in [0.15, 0.2) is 0 Å². The lowest BCUT2D eigenvalue weighted by Crippen LogP contribution is -2.44. The van der Waals surface area contributed by atoms with Crippen LogP contribution in [0.1, 0.15) is 25.3 Å². The second-order valence-corrected chi connectivity index (χ2v) is 6.89. The number of anilines is 1. The van der Waals surface area contributed by atoms with Gasteiger partial charge in [-0.15, -0.1) is 13.2 Å². The average Bonchev–Trinajstić information content (AvgIpc) is 2.63. The van der Waals surface area contributed by atoms with E-state index in [2.05, 4.69) is 19.9 Å². The zero-order chi connectivity index (χ0) is 20.3. The molecular weight excluding hydrogens is 371 g/mol. The molecule has 2 heterocycles. The minimum atomic E-state index is -4.71. The fourth-order valence-electron chi connectivity index (χ4n) is 3.39. The van der Waals surface area contributed by atoms with Gasteiger partial charge in [-0.25, -0.2) is 0 Å². The summed E-state index contributed by atoms with van der Waals surface area (Å²) in [6.45, 7) is 4.72. The number of amides is 1. The number of ether oxygens (including phenoxy) is 1. The number of halogens is 3. The lowest BCUT2D eigenvalue weighted by molar-refractivity contribution is -0.274. The zero-order valence-corrected chi connectivity index (χ0v) is 15.7. The molecule has 0 unspecified atom stereocenters. The van der Waals surface area contributed by atoms with Gasteiger partial charge in [0.2, 0.25) is 5.91 Å². The van der Waals surface area contributed by atoms with Gasteiger partial charge in [0.1, 0.15) is 5.75 Å². The van der Waals surface area contributed by atoms with Crippen LogP contribution in [0.3, 0.4) is 0 Å². The third kappa shape index (κ3) is 5.15. The molecule has 0 saturated carbocycles. The Morgan fingerprint density at radius 2 is 1.93 bits per heavy atom. The molecular formula is C20H22F3N3O2. The molecule has 8 heteroatoms. The standard InChI is InChI=1S/C20H22F3N3O2/c1-13-11-15(3-4-19(13)28-20(21,22)23)18-12-17(5-8-24-18)26-9-6-16(7-10-26)25-14(2)27/h3-5,8,11-12,16H,6-7,9-10H2,1-2H3,(H,25,27). The number of benzene rings is 1. The van der Waals surface area contributed by atoms with Crippen molar-refractivity contribution < 1.29 is 22.7 Å². The predicted molar refractivity (Wildman–Crippen MR) is 100 cm³/mol. The number of rotatable bonds is 4. The normalized spacial score (nSPS) is 15.4. The summed E-state index contributed by atoms with van der Waals surface area (Å²) < 4.78 is 41.3. The first-order valence-electron chi connectivity index (χ1n) is 9.06. The van der Waals surface area contributed by atoms with Crippen molar-refractivity contribution >= 4 is 11.6 Å². The number of aromatic nitrogens is 1. The van der Waals surface area contributed by atoms with E-state index in [4.69, 9.17) is 0 Å². The Labute approximate surface area is 161 Å². The first-order chi connectivity index (χ1) is 13.2. The number of carbonyl (C=O) groups is 1. The minimum Gasteiger partial charge on any atom is -0.406 e. The van der Waals surface area contributed by atoms with Crippen molar-refractivity contribution in [2.45, 2.75) is 39.1 Å². The summed E-state index contributed by atoms with van der Waals surface area (Å²) in [6.07, 6.45) is -1.30. The van der Waals surface area contributed by atoms with Gasteiger partial charge in [0.25, 0.3) is 0 Å². The highest BCUT2D eigenvalue weighted by atomic mass is 19.4. The number of pyridine rings is 1. The van der Waals surface area contributed by atoms with E-state index in [1.807, 2.05) is 12.1 Å². The highest BCUT2D eigenvalue weighted by Crippen LogP contribution is 2.31. The lowest BCUT2D eigenvalue weighted by atomic mass is 10.0. The van der Waals surface area contributed by atoms with Gasteiger partial charge in [0, 0.05) is 43.5 Å². The maximum absolute atomic E-state index is 12.4. The topological polar surface area (TPSA) is 54.5 Å². The summed E-state index contributed by atoms with van der Waals surface area (Å²) >= 11 is 0. The fraction of sp³-hybridized carbons (Fsp3) is 0.400. The molecule has 3 rings (SSSR count). The molecule has 28 heavy (non-hydrogen) atoms. The fourth-order valence-corrected chi connectivity index (χ4v) is 3.39. The first kappa shape index (κ1) is 20.0. The third-order valence-electron chi connectivity index (χ3n) is 4.71. The molecule has 0 atom stereocenters. The predicted octanol–water partition coefficient (Wildman–Crippen LogP) is 4.06.